The van der Waals surface area contributed by atoms with E-state index in [9.17, 15) is 0 Å². The predicted molar refractivity (Wildman–Crippen MR) is 80.9 cm³/mol. The minimum atomic E-state index is 0. The zero-order valence-corrected chi connectivity index (χ0v) is 9.76. The second-order valence-electron chi connectivity index (χ2n) is 3.18. The van der Waals surface area contributed by atoms with Gasteiger partial charge in [0.25, 0.3) is 0 Å². The van der Waals surface area contributed by atoms with Crippen molar-refractivity contribution in [1.29, 1.82) is 0 Å². The van der Waals surface area contributed by atoms with Gasteiger partial charge in [-0.05, 0) is 24.3 Å². The molecule has 1 aromatic carbocycles. The minimum Gasteiger partial charge on any atom is -0.384 e. The number of anilines is 2. The van der Waals surface area contributed by atoms with Gasteiger partial charge in [0.15, 0.2) is 5.82 Å². The van der Waals surface area contributed by atoms with Gasteiger partial charge >= 0.3 is 0 Å². The van der Waals surface area contributed by atoms with Gasteiger partial charge in [-0.1, -0.05) is 18.2 Å². The van der Waals surface area contributed by atoms with Crippen molar-refractivity contribution in [2.24, 2.45) is 10.2 Å². The molecule has 0 saturated heterocycles. The lowest BCUT2D eigenvalue weighted by Gasteiger charge is -1.98. The van der Waals surface area contributed by atoms with Crippen LogP contribution in [0, 0.1) is 0 Å². The normalized spacial score (nSPS) is 9.56. The molecule has 2 aromatic rings. The fourth-order valence-electron chi connectivity index (χ4n) is 1.17. The number of nitrogens with two attached hydrogens (primary N) is 2. The van der Waals surface area contributed by atoms with E-state index >= 15 is 0 Å². The van der Waals surface area contributed by atoms with Crippen LogP contribution in [0.3, 0.4) is 0 Å². The number of benzene rings is 1. The Morgan fingerprint density at radius 1 is 0.889 bits per heavy atom. The number of nitrogen functional groups attached to an aromatic ring is 2. The maximum atomic E-state index is 5.64. The largest absolute Gasteiger partial charge is 0.384 e. The van der Waals surface area contributed by atoms with Crippen molar-refractivity contribution in [3.05, 3.63) is 42.5 Å². The lowest BCUT2D eigenvalue weighted by molar-refractivity contribution is 1.21. The van der Waals surface area contributed by atoms with Gasteiger partial charge in [0.2, 0.25) is 0 Å². The Hall–Kier alpha value is -2.08. The highest BCUT2D eigenvalue weighted by atomic mass is 35.5. The van der Waals surface area contributed by atoms with Crippen LogP contribution >= 0.6 is 12.4 Å². The number of nitrogens with zero attached hydrogens (tertiary/aromatic N) is 3. The molecule has 0 aliphatic carbocycles. The summed E-state index contributed by atoms with van der Waals surface area (Å²) in [5.41, 5.74) is 12.4. The van der Waals surface area contributed by atoms with Crippen LogP contribution in [-0.2, 0) is 0 Å². The van der Waals surface area contributed by atoms with Crippen molar-refractivity contribution in [3.8, 4) is 0 Å². The molecule has 1 heterocycles. The fraction of sp³-hybridized carbons (Fsp3) is 0. The van der Waals surface area contributed by atoms with Gasteiger partial charge < -0.3 is 11.5 Å². The van der Waals surface area contributed by atoms with E-state index < -0.39 is 0 Å². The topological polar surface area (TPSA) is 89.6 Å². The molecule has 18 heavy (non-hydrogen) atoms. The molecule has 0 aliphatic heterocycles. The summed E-state index contributed by atoms with van der Waals surface area (Å²) in [6, 6.07) is 12.7. The summed E-state index contributed by atoms with van der Waals surface area (Å²) in [7, 11) is 0. The molecule has 0 bridgehead atoms. The summed E-state index contributed by atoms with van der Waals surface area (Å²) in [6.07, 6.45) is 0. The monoisotopic (exact) mass is 263 g/mol. The summed E-state index contributed by atoms with van der Waals surface area (Å²) >= 11 is 0. The number of aromatic nitrogens is 1. The molecule has 1 aromatic heterocycles. The molecule has 0 aliphatic rings. The number of hydrogen-bond donors (Lipinski definition) is 2. The maximum Gasteiger partial charge on any atom is 0.153 e. The highest BCUT2D eigenvalue weighted by molar-refractivity contribution is 5.85. The average Bonchev–Trinajstić information content (AvgIpc) is 2.29. The molecule has 0 amide bonds. The second-order valence-corrected chi connectivity index (χ2v) is 3.18. The third-order valence-corrected chi connectivity index (χ3v) is 1.95. The summed E-state index contributed by atoms with van der Waals surface area (Å²) in [5.74, 6) is 0.649. The molecule has 5 nitrogen and oxygen atoms in total. The van der Waals surface area contributed by atoms with Gasteiger partial charge in [0, 0.05) is 0 Å². The van der Waals surface area contributed by atoms with Crippen LogP contribution < -0.4 is 11.5 Å². The zero-order chi connectivity index (χ0) is 11.4. The van der Waals surface area contributed by atoms with Gasteiger partial charge in [-0.3, -0.25) is 0 Å². The third-order valence-electron chi connectivity index (χ3n) is 1.95. The smallest absolute Gasteiger partial charge is 0.153 e. The number of hydrogen-bond acceptors (Lipinski definition) is 5. The van der Waals surface area contributed by atoms with Crippen LogP contribution in [0.5, 0.6) is 0 Å². The highest BCUT2D eigenvalue weighted by Crippen LogP contribution is 2.23. The molecule has 4 N–H and O–H groups in total. The molecule has 0 fully saturated rings. The summed E-state index contributed by atoms with van der Waals surface area (Å²) in [6.45, 7) is 0. The molecule has 7 heteroatoms. The second kappa shape index (κ2) is 7.29. The Balaban J connectivity index is 0.00000144. The Kier molecular flexibility index (Phi) is 6.45. The van der Waals surface area contributed by atoms with Crippen LogP contribution in [0.1, 0.15) is 0 Å². The van der Waals surface area contributed by atoms with Crippen LogP contribution in [0.15, 0.2) is 52.7 Å². The first-order valence-electron chi connectivity index (χ1n) is 4.74. The number of pyridine rings is 1. The molecule has 94 valence electrons. The molecule has 2 rings (SSSR count). The lowest BCUT2D eigenvalue weighted by atomic mass is 10.3. The number of azo groups is 1. The van der Waals surface area contributed by atoms with E-state index in [0.717, 1.165) is 5.69 Å². The van der Waals surface area contributed by atoms with Crippen LogP contribution in [0.25, 0.3) is 0 Å². The number of halogens is 1. The molecular formula is C11H15BClN5. The average molecular weight is 264 g/mol. The van der Waals surface area contributed by atoms with Crippen molar-refractivity contribution in [2.75, 3.05) is 11.5 Å². The van der Waals surface area contributed by atoms with E-state index in [1.54, 1.807) is 12.1 Å². The van der Waals surface area contributed by atoms with Gasteiger partial charge in [-0.25, -0.2) is 4.98 Å². The van der Waals surface area contributed by atoms with Crippen molar-refractivity contribution in [2.45, 2.75) is 0 Å². The Morgan fingerprint density at radius 3 is 2.17 bits per heavy atom. The van der Waals surface area contributed by atoms with E-state index in [-0.39, 0.29) is 26.6 Å². The van der Waals surface area contributed by atoms with Crippen LogP contribution in [0.4, 0.5) is 23.0 Å². The molecule has 0 radical (unpaired) electrons. The first-order valence-corrected chi connectivity index (χ1v) is 4.74. The van der Waals surface area contributed by atoms with E-state index in [1.807, 2.05) is 30.3 Å². The first-order chi connectivity index (χ1) is 7.75. The standard InChI is InChI=1S/C11H11N5.BH3.ClH/c12-10-7-6-9(11(13)14-10)16-15-8-4-2-1-3-5-8;;/h1-7H,(H4,12,13,14);1H3;1H/b16-15+;;. The minimum absolute atomic E-state index is 0. The maximum absolute atomic E-state index is 5.64. The van der Waals surface area contributed by atoms with Gasteiger partial charge in [0.05, 0.1) is 14.1 Å². The van der Waals surface area contributed by atoms with Crippen molar-refractivity contribution < 1.29 is 0 Å². The Bertz CT molecular complexity index is 518. The lowest BCUT2D eigenvalue weighted by Crippen LogP contribution is -1.95. The van der Waals surface area contributed by atoms with Crippen molar-refractivity contribution in [1.82, 2.24) is 4.98 Å². The fourth-order valence-corrected chi connectivity index (χ4v) is 1.17. The quantitative estimate of drug-likeness (QED) is 0.640. The van der Waals surface area contributed by atoms with Crippen molar-refractivity contribution >= 4 is 43.8 Å². The predicted octanol–water partition coefficient (Wildman–Crippen LogP) is 1.90. The Labute approximate surface area is 113 Å². The molecule has 0 unspecified atom stereocenters. The molecule has 0 atom stereocenters. The Morgan fingerprint density at radius 2 is 1.56 bits per heavy atom. The van der Waals surface area contributed by atoms with E-state index in [4.69, 9.17) is 11.5 Å². The molecule has 0 saturated carbocycles. The third kappa shape index (κ3) is 4.06. The first kappa shape index (κ1) is 15.9. The SMILES string of the molecule is B.Cl.Nc1ccc(/N=N/c2ccccc2)c(N)n1. The summed E-state index contributed by atoms with van der Waals surface area (Å²) < 4.78 is 0. The highest BCUT2D eigenvalue weighted by Gasteiger charge is 1.98. The van der Waals surface area contributed by atoms with Crippen LogP contribution in [0.2, 0.25) is 0 Å². The van der Waals surface area contributed by atoms with Gasteiger partial charge in [-0.15, -0.1) is 17.5 Å². The van der Waals surface area contributed by atoms with Crippen LogP contribution in [-0.4, -0.2) is 13.4 Å². The van der Waals surface area contributed by atoms with E-state index in [2.05, 4.69) is 15.2 Å². The molecular weight excluding hydrogens is 248 g/mol. The van der Waals surface area contributed by atoms with Crippen molar-refractivity contribution in [3.63, 3.8) is 0 Å². The zero-order valence-electron chi connectivity index (χ0n) is 8.95. The van der Waals surface area contributed by atoms with E-state index in [1.165, 1.54) is 0 Å². The number of rotatable bonds is 2. The van der Waals surface area contributed by atoms with E-state index in [0.29, 0.717) is 11.5 Å². The van der Waals surface area contributed by atoms with Gasteiger partial charge in [0.1, 0.15) is 11.5 Å². The summed E-state index contributed by atoms with van der Waals surface area (Å²) in [5, 5.41) is 8.03. The summed E-state index contributed by atoms with van der Waals surface area (Å²) in [4.78, 5) is 3.89. The van der Waals surface area contributed by atoms with Gasteiger partial charge in [-0.2, -0.15) is 5.11 Å². The molecule has 0 spiro atoms.